The first-order valence-corrected chi connectivity index (χ1v) is 13.4. The van der Waals surface area contributed by atoms with Gasteiger partial charge in [0.05, 0.1) is 6.10 Å². The van der Waals surface area contributed by atoms with Crippen molar-refractivity contribution in [3.63, 3.8) is 0 Å². The Labute approximate surface area is 213 Å². The van der Waals surface area contributed by atoms with Gasteiger partial charge in [-0.2, -0.15) is 0 Å². The quantitative estimate of drug-likeness (QED) is 0.279. The number of unbranched alkanes of at least 4 members (excludes halogenated alkanes) is 1. The van der Waals surface area contributed by atoms with Crippen molar-refractivity contribution in [2.75, 3.05) is 6.54 Å². The van der Waals surface area contributed by atoms with E-state index in [-0.39, 0.29) is 12.2 Å². The van der Waals surface area contributed by atoms with Crippen molar-refractivity contribution < 1.29 is 4.74 Å². The van der Waals surface area contributed by atoms with Crippen LogP contribution in [0, 0.1) is 0 Å². The van der Waals surface area contributed by atoms with Crippen LogP contribution < -0.4 is 0 Å². The Kier molecular flexibility index (Phi) is 7.91. The molecule has 0 amide bonds. The van der Waals surface area contributed by atoms with Gasteiger partial charge >= 0.3 is 0 Å². The summed E-state index contributed by atoms with van der Waals surface area (Å²) < 4.78 is 6.84. The largest absolute Gasteiger partial charge is 0.365 e. The number of ether oxygens (including phenoxy) is 1. The van der Waals surface area contributed by atoms with E-state index in [9.17, 15) is 0 Å². The maximum atomic E-state index is 6.84. The Balaban J connectivity index is 1.20. The molecule has 0 aromatic heterocycles. The summed E-state index contributed by atoms with van der Waals surface area (Å²) in [6.07, 6.45) is 8.72. The molecule has 2 aliphatic heterocycles. The minimum Gasteiger partial charge on any atom is -0.365 e. The molecule has 2 fully saturated rings. The van der Waals surface area contributed by atoms with Gasteiger partial charge < -0.3 is 4.74 Å². The third kappa shape index (κ3) is 5.86. The van der Waals surface area contributed by atoms with E-state index in [1.165, 1.54) is 44.2 Å². The molecule has 1 unspecified atom stereocenters. The summed E-state index contributed by atoms with van der Waals surface area (Å²) in [4.78, 5) is 2.78. The summed E-state index contributed by atoms with van der Waals surface area (Å²) in [6, 6.07) is 28.3. The van der Waals surface area contributed by atoms with Crippen molar-refractivity contribution in [1.29, 1.82) is 0 Å². The van der Waals surface area contributed by atoms with Crippen LogP contribution in [0.2, 0.25) is 10.0 Å². The SMILES string of the molecule is Clc1ccc(C(OC2C[C@H]3CC[C@@H](C2)N3CCCCc2ccccc2)c2ccc(Cl)cc2)cc1. The van der Waals surface area contributed by atoms with Crippen LogP contribution in [0.25, 0.3) is 0 Å². The maximum Gasteiger partial charge on any atom is 0.108 e. The number of fused-ring (bicyclic) bond motifs is 2. The average molecular weight is 495 g/mol. The van der Waals surface area contributed by atoms with E-state index in [0.29, 0.717) is 12.1 Å². The highest BCUT2D eigenvalue weighted by Crippen LogP contribution is 2.40. The first-order chi connectivity index (χ1) is 16.7. The van der Waals surface area contributed by atoms with Crippen molar-refractivity contribution in [2.45, 2.75) is 69.2 Å². The summed E-state index contributed by atoms with van der Waals surface area (Å²) in [5.41, 5.74) is 3.73. The van der Waals surface area contributed by atoms with Crippen LogP contribution in [-0.2, 0) is 11.2 Å². The van der Waals surface area contributed by atoms with Gasteiger partial charge in [0.1, 0.15) is 6.10 Å². The second-order valence-corrected chi connectivity index (χ2v) is 10.7. The maximum absolute atomic E-state index is 6.84. The number of piperidine rings is 1. The first kappa shape index (κ1) is 23.9. The Hall–Kier alpha value is -1.84. The van der Waals surface area contributed by atoms with Crippen LogP contribution in [0.5, 0.6) is 0 Å². The third-order valence-electron chi connectivity index (χ3n) is 7.49. The summed E-state index contributed by atoms with van der Waals surface area (Å²) >= 11 is 12.3. The van der Waals surface area contributed by atoms with E-state index in [1.54, 1.807) is 0 Å². The topological polar surface area (TPSA) is 12.5 Å². The smallest absolute Gasteiger partial charge is 0.108 e. The van der Waals surface area contributed by atoms with Crippen molar-refractivity contribution in [1.82, 2.24) is 4.90 Å². The number of hydrogen-bond donors (Lipinski definition) is 0. The molecule has 3 atom stereocenters. The van der Waals surface area contributed by atoms with Crippen LogP contribution in [-0.4, -0.2) is 29.6 Å². The van der Waals surface area contributed by atoms with Crippen LogP contribution in [0.3, 0.4) is 0 Å². The van der Waals surface area contributed by atoms with E-state index in [4.69, 9.17) is 27.9 Å². The minimum absolute atomic E-state index is 0.101. The summed E-state index contributed by atoms with van der Waals surface area (Å²) in [5.74, 6) is 0. The normalized spacial score (nSPS) is 22.4. The third-order valence-corrected chi connectivity index (χ3v) is 7.99. The van der Waals surface area contributed by atoms with Gasteiger partial charge in [0.15, 0.2) is 0 Å². The Morgan fingerprint density at radius 2 is 1.29 bits per heavy atom. The highest BCUT2D eigenvalue weighted by atomic mass is 35.5. The van der Waals surface area contributed by atoms with E-state index >= 15 is 0 Å². The Morgan fingerprint density at radius 3 is 1.85 bits per heavy atom. The van der Waals surface area contributed by atoms with Crippen LogP contribution >= 0.6 is 23.2 Å². The molecule has 2 nitrogen and oxygen atoms in total. The summed E-state index contributed by atoms with van der Waals surface area (Å²) in [5, 5.41) is 1.49. The molecule has 0 aliphatic carbocycles. The van der Waals surface area contributed by atoms with E-state index < -0.39 is 0 Å². The fourth-order valence-corrected chi connectivity index (χ4v) is 6.04. The van der Waals surface area contributed by atoms with Crippen molar-refractivity contribution >= 4 is 23.2 Å². The number of hydrogen-bond acceptors (Lipinski definition) is 2. The molecule has 34 heavy (non-hydrogen) atoms. The molecule has 0 N–H and O–H groups in total. The van der Waals surface area contributed by atoms with E-state index in [2.05, 4.69) is 59.5 Å². The van der Waals surface area contributed by atoms with Gasteiger partial charge in [-0.15, -0.1) is 0 Å². The first-order valence-electron chi connectivity index (χ1n) is 12.6. The highest BCUT2D eigenvalue weighted by Gasteiger charge is 2.41. The molecule has 3 aromatic carbocycles. The molecule has 2 saturated heterocycles. The highest BCUT2D eigenvalue weighted by molar-refractivity contribution is 6.30. The molecule has 3 aromatic rings. The number of rotatable bonds is 9. The molecule has 178 valence electrons. The Bertz CT molecular complexity index is 978. The second kappa shape index (κ2) is 11.3. The number of benzene rings is 3. The predicted molar refractivity (Wildman–Crippen MR) is 142 cm³/mol. The van der Waals surface area contributed by atoms with Crippen molar-refractivity contribution in [3.8, 4) is 0 Å². The molecular weight excluding hydrogens is 461 g/mol. The van der Waals surface area contributed by atoms with E-state index in [0.717, 1.165) is 34.0 Å². The number of nitrogens with zero attached hydrogens (tertiary/aromatic N) is 1. The molecule has 0 saturated carbocycles. The fourth-order valence-electron chi connectivity index (χ4n) is 5.79. The van der Waals surface area contributed by atoms with Crippen LogP contribution in [0.4, 0.5) is 0 Å². The molecule has 0 spiro atoms. The summed E-state index contributed by atoms with van der Waals surface area (Å²) in [7, 11) is 0. The zero-order valence-corrected chi connectivity index (χ0v) is 21.1. The van der Waals surface area contributed by atoms with Crippen LogP contribution in [0.15, 0.2) is 78.9 Å². The van der Waals surface area contributed by atoms with Gasteiger partial charge in [-0.3, -0.25) is 4.90 Å². The van der Waals surface area contributed by atoms with E-state index in [1.807, 2.05) is 24.3 Å². The molecule has 2 heterocycles. The standard InChI is InChI=1S/C30H33Cl2NO/c31-25-13-9-23(10-14-25)30(24-11-15-26(32)16-12-24)34-29-20-27-17-18-28(21-29)33(27)19-5-4-8-22-6-2-1-3-7-22/h1-3,6-7,9-16,27-30H,4-5,8,17-21H2/t27-,28+,29?. The molecule has 2 bridgehead atoms. The van der Waals surface area contributed by atoms with Crippen LogP contribution in [0.1, 0.15) is 61.3 Å². The average Bonchev–Trinajstić information content (AvgIpc) is 3.09. The lowest BCUT2D eigenvalue weighted by molar-refractivity contribution is -0.0483. The monoisotopic (exact) mass is 493 g/mol. The minimum atomic E-state index is -0.101. The Morgan fingerprint density at radius 1 is 0.735 bits per heavy atom. The van der Waals surface area contributed by atoms with Gasteiger partial charge in [0.25, 0.3) is 0 Å². The lowest BCUT2D eigenvalue weighted by Gasteiger charge is -2.40. The number of aryl methyl sites for hydroxylation is 1. The fraction of sp³-hybridized carbons (Fsp3) is 0.400. The molecule has 5 rings (SSSR count). The number of halogens is 2. The summed E-state index contributed by atoms with van der Waals surface area (Å²) in [6.45, 7) is 1.21. The zero-order chi connectivity index (χ0) is 23.3. The predicted octanol–water partition coefficient (Wildman–Crippen LogP) is 8.12. The van der Waals surface area contributed by atoms with Gasteiger partial charge in [0.2, 0.25) is 0 Å². The molecule has 2 aliphatic rings. The van der Waals surface area contributed by atoms with Gasteiger partial charge in [-0.25, -0.2) is 0 Å². The molecular formula is C30H33Cl2NO. The van der Waals surface area contributed by atoms with Gasteiger partial charge in [-0.1, -0.05) is 77.8 Å². The lowest BCUT2D eigenvalue weighted by Crippen LogP contribution is -2.46. The molecule has 4 heteroatoms. The molecule has 0 radical (unpaired) electrons. The van der Waals surface area contributed by atoms with Gasteiger partial charge in [-0.05, 0) is 92.4 Å². The van der Waals surface area contributed by atoms with Crippen molar-refractivity contribution in [2.24, 2.45) is 0 Å². The van der Waals surface area contributed by atoms with Crippen molar-refractivity contribution in [3.05, 3.63) is 106 Å². The van der Waals surface area contributed by atoms with Gasteiger partial charge in [0, 0.05) is 22.1 Å². The second-order valence-electron chi connectivity index (χ2n) is 9.78. The lowest BCUT2D eigenvalue weighted by atomic mass is 9.96. The zero-order valence-electron chi connectivity index (χ0n) is 19.6.